The molecule has 6 rings (SSSR count). The SMILES string of the molecule is CCCCC(Oc1ccc(C(=O)N2CCC(N3C(=O)CCc4ccccc43)CC2)cc1)C(=O)N1CCN(Cc2ccccc2)CC1. The van der Waals surface area contributed by atoms with Crippen molar-refractivity contribution in [2.24, 2.45) is 0 Å². The van der Waals surface area contributed by atoms with Crippen molar-refractivity contribution in [3.05, 3.63) is 95.6 Å². The highest BCUT2D eigenvalue weighted by atomic mass is 16.5. The summed E-state index contributed by atoms with van der Waals surface area (Å²) < 4.78 is 6.29. The summed E-state index contributed by atoms with van der Waals surface area (Å²) in [6.45, 7) is 7.32. The molecule has 0 saturated carbocycles. The van der Waals surface area contributed by atoms with Crippen LogP contribution in [0.3, 0.4) is 0 Å². The lowest BCUT2D eigenvalue weighted by Gasteiger charge is -2.41. The fourth-order valence-corrected chi connectivity index (χ4v) is 7.00. The van der Waals surface area contributed by atoms with Gasteiger partial charge in [0.1, 0.15) is 5.75 Å². The van der Waals surface area contributed by atoms with E-state index in [9.17, 15) is 14.4 Å². The van der Waals surface area contributed by atoms with Crippen molar-refractivity contribution >= 4 is 23.4 Å². The molecule has 0 bridgehead atoms. The molecule has 0 N–H and O–H groups in total. The van der Waals surface area contributed by atoms with E-state index in [4.69, 9.17) is 4.74 Å². The normalized spacial score (nSPS) is 18.3. The number of carbonyl (C=O) groups is 3. The van der Waals surface area contributed by atoms with Crippen LogP contribution in [0.1, 0.15) is 66.9 Å². The third-order valence-electron chi connectivity index (χ3n) is 9.65. The zero-order valence-electron chi connectivity index (χ0n) is 27.0. The second kappa shape index (κ2) is 14.9. The largest absolute Gasteiger partial charge is 0.481 e. The fourth-order valence-electron chi connectivity index (χ4n) is 7.00. The van der Waals surface area contributed by atoms with Crippen molar-refractivity contribution in [2.45, 2.75) is 70.6 Å². The van der Waals surface area contributed by atoms with Gasteiger partial charge in [-0.2, -0.15) is 0 Å². The molecule has 3 heterocycles. The molecule has 1 unspecified atom stereocenters. The van der Waals surface area contributed by atoms with Gasteiger partial charge in [0.15, 0.2) is 6.10 Å². The molecule has 0 aromatic heterocycles. The maximum atomic E-state index is 13.6. The van der Waals surface area contributed by atoms with Gasteiger partial charge in [0.05, 0.1) is 0 Å². The minimum absolute atomic E-state index is 0.0117. The van der Waals surface area contributed by atoms with Crippen molar-refractivity contribution in [3.8, 4) is 5.75 Å². The molecule has 46 heavy (non-hydrogen) atoms. The molecule has 8 nitrogen and oxygen atoms in total. The Morgan fingerprint density at radius 3 is 2.22 bits per heavy atom. The fraction of sp³-hybridized carbons (Fsp3) is 0.447. The van der Waals surface area contributed by atoms with Crippen LogP contribution in [-0.2, 0) is 22.6 Å². The summed E-state index contributed by atoms with van der Waals surface area (Å²) in [5.41, 5.74) is 4.15. The average Bonchev–Trinajstić information content (AvgIpc) is 3.10. The first-order valence-electron chi connectivity index (χ1n) is 17.0. The number of ether oxygens (including phenoxy) is 1. The van der Waals surface area contributed by atoms with E-state index in [1.54, 1.807) is 12.1 Å². The maximum absolute atomic E-state index is 13.6. The van der Waals surface area contributed by atoms with Crippen LogP contribution in [-0.4, -0.2) is 83.8 Å². The Morgan fingerprint density at radius 1 is 0.804 bits per heavy atom. The van der Waals surface area contributed by atoms with E-state index < -0.39 is 6.10 Å². The van der Waals surface area contributed by atoms with E-state index in [0.29, 0.717) is 50.3 Å². The summed E-state index contributed by atoms with van der Waals surface area (Å²) in [6, 6.07) is 26.0. The van der Waals surface area contributed by atoms with Crippen LogP contribution in [0.5, 0.6) is 5.75 Å². The number of aryl methyl sites for hydroxylation is 1. The molecule has 2 fully saturated rings. The zero-order valence-corrected chi connectivity index (χ0v) is 27.0. The predicted molar refractivity (Wildman–Crippen MR) is 180 cm³/mol. The highest BCUT2D eigenvalue weighted by Gasteiger charge is 2.34. The van der Waals surface area contributed by atoms with Crippen LogP contribution in [0.25, 0.3) is 0 Å². The topological polar surface area (TPSA) is 73.4 Å². The number of hydrogen-bond acceptors (Lipinski definition) is 5. The summed E-state index contributed by atoms with van der Waals surface area (Å²) in [5.74, 6) is 0.822. The van der Waals surface area contributed by atoms with E-state index in [-0.39, 0.29) is 23.8 Å². The Bertz CT molecular complexity index is 1480. The first-order chi connectivity index (χ1) is 22.5. The number of likely N-dealkylation sites (tertiary alicyclic amines) is 1. The van der Waals surface area contributed by atoms with E-state index in [0.717, 1.165) is 57.4 Å². The molecule has 0 spiro atoms. The molecule has 8 heteroatoms. The van der Waals surface area contributed by atoms with Crippen molar-refractivity contribution in [1.29, 1.82) is 0 Å². The minimum atomic E-state index is -0.538. The van der Waals surface area contributed by atoms with Gasteiger partial charge in [0.25, 0.3) is 11.8 Å². The lowest BCUT2D eigenvalue weighted by atomic mass is 9.95. The summed E-state index contributed by atoms with van der Waals surface area (Å²) >= 11 is 0. The number of benzene rings is 3. The summed E-state index contributed by atoms with van der Waals surface area (Å²) in [6.07, 6.45) is 4.88. The van der Waals surface area contributed by atoms with Gasteiger partial charge in [-0.05, 0) is 73.6 Å². The Balaban J connectivity index is 1.02. The molecular weight excluding hydrogens is 576 g/mol. The van der Waals surface area contributed by atoms with Gasteiger partial charge in [-0.3, -0.25) is 19.3 Å². The number of rotatable bonds is 10. The molecule has 3 aromatic carbocycles. The molecule has 3 aliphatic heterocycles. The average molecular weight is 623 g/mol. The number of fused-ring (bicyclic) bond motifs is 1. The Labute approximate surface area is 272 Å². The van der Waals surface area contributed by atoms with E-state index in [1.807, 2.05) is 51.1 Å². The third-order valence-corrected chi connectivity index (χ3v) is 9.65. The lowest BCUT2D eigenvalue weighted by molar-refractivity contribution is -0.141. The van der Waals surface area contributed by atoms with Gasteiger partial charge in [-0.15, -0.1) is 0 Å². The van der Waals surface area contributed by atoms with E-state index >= 15 is 0 Å². The standard InChI is InChI=1S/C38H46N4O4/c1-2-3-13-35(38(45)41-26-24-39(25-27-41)28-29-9-5-4-6-10-29)46-33-17-14-31(15-18-33)37(44)40-22-20-32(21-23-40)42-34-12-8-7-11-30(34)16-19-36(42)43/h4-12,14-15,17-18,32,35H,2-3,13,16,19-28H2,1H3. The van der Waals surface area contributed by atoms with Gasteiger partial charge in [0, 0.05) is 69.5 Å². The Morgan fingerprint density at radius 2 is 1.50 bits per heavy atom. The van der Waals surface area contributed by atoms with Crippen LogP contribution < -0.4 is 9.64 Å². The highest BCUT2D eigenvalue weighted by molar-refractivity contribution is 5.97. The zero-order chi connectivity index (χ0) is 31.9. The monoisotopic (exact) mass is 622 g/mol. The molecule has 242 valence electrons. The second-order valence-corrected chi connectivity index (χ2v) is 12.8. The molecular formula is C38H46N4O4. The summed E-state index contributed by atoms with van der Waals surface area (Å²) in [4.78, 5) is 48.1. The molecule has 0 radical (unpaired) electrons. The quantitative estimate of drug-likeness (QED) is 0.297. The van der Waals surface area contributed by atoms with Crippen molar-refractivity contribution < 1.29 is 19.1 Å². The third kappa shape index (κ3) is 7.44. The van der Waals surface area contributed by atoms with Gasteiger partial charge in [-0.25, -0.2) is 0 Å². The molecule has 1 atom stereocenters. The molecule has 3 amide bonds. The molecule has 3 aromatic rings. The maximum Gasteiger partial charge on any atom is 0.263 e. The van der Waals surface area contributed by atoms with Crippen LogP contribution in [0.2, 0.25) is 0 Å². The summed E-state index contributed by atoms with van der Waals surface area (Å²) in [5, 5.41) is 0. The lowest BCUT2D eigenvalue weighted by Crippen LogP contribution is -2.52. The number of unbranched alkanes of at least 4 members (excludes halogenated alkanes) is 1. The van der Waals surface area contributed by atoms with Crippen LogP contribution >= 0.6 is 0 Å². The van der Waals surface area contributed by atoms with E-state index in [2.05, 4.69) is 42.2 Å². The van der Waals surface area contributed by atoms with Crippen molar-refractivity contribution in [2.75, 3.05) is 44.2 Å². The predicted octanol–water partition coefficient (Wildman–Crippen LogP) is 5.55. The Kier molecular flexibility index (Phi) is 10.3. The number of anilines is 1. The smallest absolute Gasteiger partial charge is 0.263 e. The van der Waals surface area contributed by atoms with Gasteiger partial charge in [-0.1, -0.05) is 61.9 Å². The Hall–Kier alpha value is -4.17. The molecule has 0 aliphatic carbocycles. The number of nitrogens with zero attached hydrogens (tertiary/aromatic N) is 4. The molecule has 3 aliphatic rings. The first kappa shape index (κ1) is 31.8. The van der Waals surface area contributed by atoms with Crippen molar-refractivity contribution in [1.82, 2.24) is 14.7 Å². The van der Waals surface area contributed by atoms with Crippen LogP contribution in [0, 0.1) is 0 Å². The van der Waals surface area contributed by atoms with Gasteiger partial charge >= 0.3 is 0 Å². The van der Waals surface area contributed by atoms with Crippen molar-refractivity contribution in [3.63, 3.8) is 0 Å². The van der Waals surface area contributed by atoms with E-state index in [1.165, 1.54) is 11.1 Å². The van der Waals surface area contributed by atoms with Crippen LogP contribution in [0.15, 0.2) is 78.9 Å². The number of piperazine rings is 1. The second-order valence-electron chi connectivity index (χ2n) is 12.8. The number of amides is 3. The molecule has 2 saturated heterocycles. The number of para-hydroxylation sites is 1. The van der Waals surface area contributed by atoms with Gasteiger partial charge < -0.3 is 19.4 Å². The summed E-state index contributed by atoms with van der Waals surface area (Å²) in [7, 11) is 0. The number of hydrogen-bond donors (Lipinski definition) is 0. The first-order valence-corrected chi connectivity index (χ1v) is 17.0. The minimum Gasteiger partial charge on any atom is -0.481 e. The number of piperidine rings is 1. The van der Waals surface area contributed by atoms with Gasteiger partial charge in [0.2, 0.25) is 5.91 Å². The highest BCUT2D eigenvalue weighted by Crippen LogP contribution is 2.32. The number of carbonyl (C=O) groups excluding carboxylic acids is 3. The van der Waals surface area contributed by atoms with Crippen LogP contribution in [0.4, 0.5) is 5.69 Å².